The van der Waals surface area contributed by atoms with Crippen LogP contribution in [0.2, 0.25) is 5.15 Å². The van der Waals surface area contributed by atoms with Gasteiger partial charge in [-0.3, -0.25) is 0 Å². The van der Waals surface area contributed by atoms with E-state index >= 15 is 0 Å². The average molecular weight is 190 g/mol. The topological polar surface area (TPSA) is 33.1 Å². The summed E-state index contributed by atoms with van der Waals surface area (Å²) in [6, 6.07) is 3.65. The number of halogens is 1. The molecular formula is C7H8ClNOS. The fourth-order valence-electron chi connectivity index (χ4n) is 0.638. The van der Waals surface area contributed by atoms with Crippen molar-refractivity contribution in [1.82, 2.24) is 4.98 Å². The standard InChI is InChI=1S/C7H8ClNOS/c8-7-5-6(1-2-9-7)11-4-3-10/h1-2,5,10H,3-4H2. The lowest BCUT2D eigenvalue weighted by Gasteiger charge is -1.97. The first-order valence-electron chi connectivity index (χ1n) is 3.18. The molecule has 2 nitrogen and oxygen atoms in total. The van der Waals surface area contributed by atoms with Gasteiger partial charge in [0.1, 0.15) is 5.15 Å². The Morgan fingerprint density at radius 1 is 1.64 bits per heavy atom. The van der Waals surface area contributed by atoms with E-state index in [1.807, 2.05) is 6.07 Å². The van der Waals surface area contributed by atoms with E-state index in [0.29, 0.717) is 10.9 Å². The minimum absolute atomic E-state index is 0.185. The number of thioether (sulfide) groups is 1. The van der Waals surface area contributed by atoms with Gasteiger partial charge in [0.2, 0.25) is 0 Å². The molecule has 0 saturated heterocycles. The van der Waals surface area contributed by atoms with Gasteiger partial charge in [-0.1, -0.05) is 11.6 Å². The maximum atomic E-state index is 8.53. The van der Waals surface area contributed by atoms with E-state index in [1.165, 1.54) is 0 Å². The highest BCUT2D eigenvalue weighted by Gasteiger charge is 1.93. The second-order valence-electron chi connectivity index (χ2n) is 1.89. The monoisotopic (exact) mass is 189 g/mol. The third-order valence-corrected chi connectivity index (χ3v) is 2.24. The molecule has 0 spiro atoms. The first-order valence-corrected chi connectivity index (χ1v) is 4.54. The Labute approximate surface area is 74.6 Å². The second-order valence-corrected chi connectivity index (χ2v) is 3.44. The van der Waals surface area contributed by atoms with Crippen molar-refractivity contribution in [2.24, 2.45) is 0 Å². The third-order valence-electron chi connectivity index (χ3n) is 1.06. The Hall–Kier alpha value is -0.250. The zero-order valence-electron chi connectivity index (χ0n) is 5.83. The molecule has 1 rings (SSSR count). The van der Waals surface area contributed by atoms with Gasteiger partial charge in [-0.05, 0) is 12.1 Å². The fourth-order valence-corrected chi connectivity index (χ4v) is 1.56. The maximum absolute atomic E-state index is 8.53. The molecule has 0 radical (unpaired) electrons. The van der Waals surface area contributed by atoms with Crippen molar-refractivity contribution in [3.05, 3.63) is 23.5 Å². The van der Waals surface area contributed by atoms with Crippen LogP contribution < -0.4 is 0 Å². The fraction of sp³-hybridized carbons (Fsp3) is 0.286. The Balaban J connectivity index is 2.56. The van der Waals surface area contributed by atoms with Gasteiger partial charge in [0.05, 0.1) is 6.61 Å². The highest BCUT2D eigenvalue weighted by Crippen LogP contribution is 2.18. The first kappa shape index (κ1) is 8.84. The first-order chi connectivity index (χ1) is 5.33. The van der Waals surface area contributed by atoms with Crippen LogP contribution in [0.3, 0.4) is 0 Å². The molecule has 0 aliphatic carbocycles. The third kappa shape index (κ3) is 3.10. The summed E-state index contributed by atoms with van der Waals surface area (Å²) in [5.41, 5.74) is 0. The zero-order chi connectivity index (χ0) is 8.10. The molecule has 0 aromatic carbocycles. The number of hydrogen-bond acceptors (Lipinski definition) is 3. The van der Waals surface area contributed by atoms with Gasteiger partial charge >= 0.3 is 0 Å². The summed E-state index contributed by atoms with van der Waals surface area (Å²) >= 11 is 7.20. The smallest absolute Gasteiger partial charge is 0.130 e. The molecule has 1 N–H and O–H groups in total. The van der Waals surface area contributed by atoms with E-state index in [4.69, 9.17) is 16.7 Å². The summed E-state index contributed by atoms with van der Waals surface area (Å²) in [4.78, 5) is 4.88. The highest BCUT2D eigenvalue weighted by atomic mass is 35.5. The molecule has 0 fully saturated rings. The molecule has 0 unspecified atom stereocenters. The molecule has 1 aromatic heterocycles. The summed E-state index contributed by atoms with van der Waals surface area (Å²) in [5.74, 6) is 0.695. The normalized spacial score (nSPS) is 10.0. The SMILES string of the molecule is OCCSc1ccnc(Cl)c1. The van der Waals surface area contributed by atoms with Crippen LogP contribution in [0.25, 0.3) is 0 Å². The predicted octanol–water partition coefficient (Wildman–Crippen LogP) is 1.82. The maximum Gasteiger partial charge on any atom is 0.130 e. The highest BCUT2D eigenvalue weighted by molar-refractivity contribution is 7.99. The molecular weight excluding hydrogens is 182 g/mol. The quantitative estimate of drug-likeness (QED) is 0.582. The number of aliphatic hydroxyl groups excluding tert-OH is 1. The minimum Gasteiger partial charge on any atom is -0.396 e. The van der Waals surface area contributed by atoms with Gasteiger partial charge in [0, 0.05) is 16.8 Å². The largest absolute Gasteiger partial charge is 0.396 e. The van der Waals surface area contributed by atoms with Crippen LogP contribution in [0.4, 0.5) is 0 Å². The van der Waals surface area contributed by atoms with Crippen LogP contribution in [0.15, 0.2) is 23.2 Å². The molecule has 0 amide bonds. The molecule has 0 aliphatic heterocycles. The second kappa shape index (κ2) is 4.59. The Morgan fingerprint density at radius 3 is 3.09 bits per heavy atom. The van der Waals surface area contributed by atoms with E-state index in [0.717, 1.165) is 4.90 Å². The van der Waals surface area contributed by atoms with Crippen LogP contribution in [-0.4, -0.2) is 22.5 Å². The zero-order valence-corrected chi connectivity index (χ0v) is 7.40. The van der Waals surface area contributed by atoms with Crippen molar-refractivity contribution >= 4 is 23.4 Å². The number of pyridine rings is 1. The summed E-state index contributed by atoms with van der Waals surface area (Å²) in [5, 5.41) is 9.02. The van der Waals surface area contributed by atoms with Gasteiger partial charge in [-0.15, -0.1) is 11.8 Å². The van der Waals surface area contributed by atoms with E-state index < -0.39 is 0 Å². The number of rotatable bonds is 3. The van der Waals surface area contributed by atoms with Crippen molar-refractivity contribution in [3.63, 3.8) is 0 Å². The summed E-state index contributed by atoms with van der Waals surface area (Å²) in [7, 11) is 0. The Bertz CT molecular complexity index is 231. The molecule has 1 heterocycles. The van der Waals surface area contributed by atoms with Crippen LogP contribution in [0.5, 0.6) is 0 Å². The van der Waals surface area contributed by atoms with E-state index in [2.05, 4.69) is 4.98 Å². The van der Waals surface area contributed by atoms with Crippen LogP contribution in [0.1, 0.15) is 0 Å². The van der Waals surface area contributed by atoms with E-state index in [1.54, 1.807) is 24.0 Å². The minimum atomic E-state index is 0.185. The van der Waals surface area contributed by atoms with Gasteiger partial charge in [-0.2, -0.15) is 0 Å². The summed E-state index contributed by atoms with van der Waals surface area (Å²) in [6.07, 6.45) is 1.65. The number of hydrogen-bond donors (Lipinski definition) is 1. The number of nitrogens with zero attached hydrogens (tertiary/aromatic N) is 1. The molecule has 4 heteroatoms. The summed E-state index contributed by atoms with van der Waals surface area (Å²) in [6.45, 7) is 0.185. The molecule has 11 heavy (non-hydrogen) atoms. The van der Waals surface area contributed by atoms with E-state index in [9.17, 15) is 0 Å². The Kier molecular flexibility index (Phi) is 3.69. The number of aromatic nitrogens is 1. The van der Waals surface area contributed by atoms with Crippen LogP contribution in [0, 0.1) is 0 Å². The van der Waals surface area contributed by atoms with Crippen molar-refractivity contribution in [2.75, 3.05) is 12.4 Å². The lowest BCUT2D eigenvalue weighted by Crippen LogP contribution is -1.85. The van der Waals surface area contributed by atoms with Gasteiger partial charge in [-0.25, -0.2) is 4.98 Å². The molecule has 0 saturated carbocycles. The molecule has 60 valence electrons. The summed E-state index contributed by atoms with van der Waals surface area (Å²) < 4.78 is 0. The molecule has 1 aromatic rings. The lowest BCUT2D eigenvalue weighted by atomic mass is 10.5. The molecule has 0 aliphatic rings. The van der Waals surface area contributed by atoms with Crippen molar-refractivity contribution < 1.29 is 5.11 Å². The Morgan fingerprint density at radius 2 is 2.45 bits per heavy atom. The van der Waals surface area contributed by atoms with Crippen molar-refractivity contribution in [2.45, 2.75) is 4.90 Å². The van der Waals surface area contributed by atoms with Crippen molar-refractivity contribution in [3.8, 4) is 0 Å². The van der Waals surface area contributed by atoms with Gasteiger partial charge in [0.15, 0.2) is 0 Å². The van der Waals surface area contributed by atoms with E-state index in [-0.39, 0.29) is 6.61 Å². The van der Waals surface area contributed by atoms with Crippen molar-refractivity contribution in [1.29, 1.82) is 0 Å². The molecule has 0 bridgehead atoms. The number of aliphatic hydroxyl groups is 1. The lowest BCUT2D eigenvalue weighted by molar-refractivity contribution is 0.322. The van der Waals surface area contributed by atoms with Gasteiger partial charge in [0.25, 0.3) is 0 Å². The predicted molar refractivity (Wildman–Crippen MR) is 47.1 cm³/mol. The van der Waals surface area contributed by atoms with Crippen LogP contribution in [-0.2, 0) is 0 Å². The average Bonchev–Trinajstić information content (AvgIpc) is 2.01. The molecule has 0 atom stereocenters. The van der Waals surface area contributed by atoms with Crippen LogP contribution >= 0.6 is 23.4 Å². The van der Waals surface area contributed by atoms with Gasteiger partial charge < -0.3 is 5.11 Å².